The Morgan fingerprint density at radius 3 is 1.01 bits per heavy atom. The van der Waals surface area contributed by atoms with Crippen LogP contribution in [0.4, 0.5) is 0 Å². The van der Waals surface area contributed by atoms with Gasteiger partial charge in [-0.25, -0.2) is 15.0 Å². The number of carbonyl (C=O) groups excluding carboxylic acids is 1. The van der Waals surface area contributed by atoms with Crippen LogP contribution in [0.2, 0.25) is 0 Å². The minimum atomic E-state index is -0.820. The number of ketones is 1. The van der Waals surface area contributed by atoms with Crippen molar-refractivity contribution in [1.82, 2.24) is 15.0 Å². The number of hydrogen-bond acceptors (Lipinski definition) is 4. The molecule has 3 heterocycles. The highest BCUT2D eigenvalue weighted by molar-refractivity contribution is 6.09. The molecule has 0 amide bonds. The molecule has 0 fully saturated rings. The smallest absolute Gasteiger partial charge is 0.159 e. The van der Waals surface area contributed by atoms with Crippen molar-refractivity contribution in [2.45, 2.75) is 12.3 Å². The Morgan fingerprint density at radius 2 is 0.643 bits per heavy atom. The van der Waals surface area contributed by atoms with Crippen LogP contribution in [0.25, 0.3) is 121 Å². The zero-order valence-electron chi connectivity index (χ0n) is 38.0. The predicted octanol–water partition coefficient (Wildman–Crippen LogP) is 16.3. The van der Waals surface area contributed by atoms with E-state index in [0.717, 1.165) is 127 Å². The lowest BCUT2D eigenvalue weighted by Crippen LogP contribution is -2.26. The van der Waals surface area contributed by atoms with Crippen LogP contribution in [-0.4, -0.2) is 20.7 Å². The van der Waals surface area contributed by atoms with Crippen molar-refractivity contribution in [3.63, 3.8) is 0 Å². The van der Waals surface area contributed by atoms with Crippen molar-refractivity contribution in [2.24, 2.45) is 0 Å². The van der Waals surface area contributed by atoms with Crippen molar-refractivity contribution in [3.05, 3.63) is 246 Å². The summed E-state index contributed by atoms with van der Waals surface area (Å²) in [6.45, 7) is 1.67. The molecule has 0 saturated carbocycles. The number of fused-ring (bicyclic) bond motifs is 19. The van der Waals surface area contributed by atoms with E-state index < -0.39 is 5.41 Å². The highest BCUT2D eigenvalue weighted by Crippen LogP contribution is 2.64. The molecule has 1 spiro atoms. The van der Waals surface area contributed by atoms with Crippen LogP contribution in [0.3, 0.4) is 0 Å². The van der Waals surface area contributed by atoms with E-state index in [1.807, 2.05) is 6.07 Å². The Labute approximate surface area is 403 Å². The highest BCUT2D eigenvalue weighted by Gasteiger charge is 2.52. The summed E-state index contributed by atoms with van der Waals surface area (Å²) >= 11 is 0. The van der Waals surface area contributed by atoms with E-state index in [4.69, 9.17) is 15.0 Å². The molecule has 70 heavy (non-hydrogen) atoms. The molecule has 0 atom stereocenters. The fourth-order valence-corrected chi connectivity index (χ4v) is 12.0. The average Bonchev–Trinajstić information content (AvgIpc) is 3.89. The molecule has 0 bridgehead atoms. The van der Waals surface area contributed by atoms with E-state index >= 15 is 0 Å². The first-order valence-electron chi connectivity index (χ1n) is 23.9. The molecule has 0 saturated heterocycles. The maximum absolute atomic E-state index is 13.5. The molecule has 15 rings (SSSR count). The number of nitrogens with zero attached hydrogens (tertiary/aromatic N) is 3. The van der Waals surface area contributed by atoms with Crippen LogP contribution >= 0.6 is 0 Å². The first-order chi connectivity index (χ1) is 34.5. The zero-order chi connectivity index (χ0) is 46.2. The van der Waals surface area contributed by atoms with Gasteiger partial charge in [0.15, 0.2) is 5.78 Å². The number of carbonyl (C=O) groups is 1. The molecule has 3 aromatic heterocycles. The summed E-state index contributed by atoms with van der Waals surface area (Å²) in [5, 5.41) is 10.2. The van der Waals surface area contributed by atoms with Gasteiger partial charge in [0.2, 0.25) is 0 Å². The van der Waals surface area contributed by atoms with Gasteiger partial charge in [0, 0.05) is 54.6 Å². The fraction of sp³-hybridized carbons (Fsp3) is 0.0303. The van der Waals surface area contributed by atoms with Crippen molar-refractivity contribution in [2.75, 3.05) is 0 Å². The van der Waals surface area contributed by atoms with E-state index in [9.17, 15) is 4.79 Å². The lowest BCUT2D eigenvalue weighted by molar-refractivity contribution is 0.101. The number of rotatable bonds is 4. The van der Waals surface area contributed by atoms with Crippen LogP contribution in [0, 0.1) is 0 Å². The minimum absolute atomic E-state index is 0.0308. The van der Waals surface area contributed by atoms with Gasteiger partial charge >= 0.3 is 0 Å². The Bertz CT molecular complexity index is 4120. The molecule has 2 aliphatic rings. The molecule has 10 aromatic carbocycles. The second-order valence-electron chi connectivity index (χ2n) is 19.0. The van der Waals surface area contributed by atoms with Crippen LogP contribution in [0.15, 0.2) is 218 Å². The number of aromatic nitrogens is 3. The van der Waals surface area contributed by atoms with E-state index in [0.29, 0.717) is 5.56 Å². The van der Waals surface area contributed by atoms with Crippen molar-refractivity contribution >= 4 is 70.8 Å². The topological polar surface area (TPSA) is 55.7 Å². The van der Waals surface area contributed by atoms with Crippen molar-refractivity contribution in [1.29, 1.82) is 0 Å². The van der Waals surface area contributed by atoms with Crippen LogP contribution in [0.1, 0.15) is 39.5 Å². The minimum Gasteiger partial charge on any atom is -0.295 e. The monoisotopic (exact) mass is 889 g/mol. The Balaban J connectivity index is 1.01. The van der Waals surface area contributed by atoms with Gasteiger partial charge in [-0.15, -0.1) is 0 Å². The first kappa shape index (κ1) is 38.9. The van der Waals surface area contributed by atoms with E-state index in [1.54, 1.807) is 6.92 Å². The molecule has 0 radical (unpaired) electrons. The summed E-state index contributed by atoms with van der Waals surface area (Å²) in [7, 11) is 0. The van der Waals surface area contributed by atoms with Gasteiger partial charge in [0.25, 0.3) is 0 Å². The largest absolute Gasteiger partial charge is 0.295 e. The number of benzene rings is 10. The summed E-state index contributed by atoms with van der Waals surface area (Å²) in [6, 6.07) is 78.5. The fourth-order valence-electron chi connectivity index (χ4n) is 12.0. The summed E-state index contributed by atoms with van der Waals surface area (Å²) in [5.74, 6) is 0.0308. The Morgan fingerprint density at radius 1 is 0.329 bits per heavy atom. The van der Waals surface area contributed by atoms with Gasteiger partial charge in [-0.05, 0) is 110 Å². The third kappa shape index (κ3) is 5.47. The van der Waals surface area contributed by atoms with Gasteiger partial charge in [-0.3, -0.25) is 4.79 Å². The van der Waals surface area contributed by atoms with Gasteiger partial charge in [-0.2, -0.15) is 0 Å². The Kier molecular flexibility index (Phi) is 8.03. The SMILES string of the molecule is CC(=O)c1ccc2c(c1)C1(c3cc(-c4ccc5ccc6ccccc6c5n4)ccc3-2)c2cc(-c3ccc4ccc5ccccc5c4n3)ccc2-c2ccc(-c3ccc4ccc5ccccc5c4n3)cc21. The molecule has 0 unspecified atom stereocenters. The number of hydrogen-bond donors (Lipinski definition) is 0. The number of Topliss-reactive ketones (excluding diaryl/α,β-unsaturated/α-hetero) is 1. The van der Waals surface area contributed by atoms with Gasteiger partial charge in [0.05, 0.1) is 39.0 Å². The first-order valence-corrected chi connectivity index (χ1v) is 23.9. The quantitative estimate of drug-likeness (QED) is 0.130. The molecule has 324 valence electrons. The highest BCUT2D eigenvalue weighted by atomic mass is 16.1. The van der Waals surface area contributed by atoms with Crippen molar-refractivity contribution in [3.8, 4) is 56.0 Å². The number of pyridine rings is 3. The van der Waals surface area contributed by atoms with Gasteiger partial charge in [-0.1, -0.05) is 176 Å². The van der Waals surface area contributed by atoms with E-state index in [1.165, 1.54) is 16.2 Å². The van der Waals surface area contributed by atoms with E-state index in [-0.39, 0.29) is 5.78 Å². The molecular formula is C66H39N3O. The predicted molar refractivity (Wildman–Crippen MR) is 287 cm³/mol. The zero-order valence-corrected chi connectivity index (χ0v) is 38.0. The van der Waals surface area contributed by atoms with Crippen LogP contribution in [0.5, 0.6) is 0 Å². The molecular weight excluding hydrogens is 851 g/mol. The van der Waals surface area contributed by atoms with Crippen LogP contribution in [-0.2, 0) is 5.41 Å². The summed E-state index contributed by atoms with van der Waals surface area (Å²) in [5.41, 5.74) is 17.7. The third-order valence-corrected chi connectivity index (χ3v) is 15.3. The summed E-state index contributed by atoms with van der Waals surface area (Å²) < 4.78 is 0. The molecule has 0 aliphatic heterocycles. The maximum atomic E-state index is 13.5. The van der Waals surface area contributed by atoms with Gasteiger partial charge < -0.3 is 0 Å². The normalized spacial score (nSPS) is 13.1. The molecule has 13 aromatic rings. The standard InChI is InChI=1S/C66H39N3O/c1-38(70)45-20-27-52-53-28-21-46(60-31-24-42-17-14-39-8-2-5-11-49(39)63(42)67-60)35-57(53)66(56(52)34-45)58-36-47(61-32-25-43-18-15-40-9-3-6-12-50(40)64(43)68-61)22-29-54(58)55-30-23-48(37-59(55)66)62-33-26-44-19-16-41-10-4-7-13-51(41)65(44)69-62/h2-37H,1H3. The molecule has 2 aliphatic carbocycles. The second kappa shape index (κ2) is 14.4. The third-order valence-electron chi connectivity index (χ3n) is 15.3. The maximum Gasteiger partial charge on any atom is 0.159 e. The molecule has 0 N–H and O–H groups in total. The van der Waals surface area contributed by atoms with E-state index in [2.05, 4.69) is 212 Å². The molecule has 4 heteroatoms. The summed E-state index contributed by atoms with van der Waals surface area (Å²) in [4.78, 5) is 29.8. The lowest BCUT2D eigenvalue weighted by Gasteiger charge is -2.31. The molecule has 4 nitrogen and oxygen atoms in total. The van der Waals surface area contributed by atoms with Crippen molar-refractivity contribution < 1.29 is 4.79 Å². The second-order valence-corrected chi connectivity index (χ2v) is 19.0. The van der Waals surface area contributed by atoms with Gasteiger partial charge in [0.1, 0.15) is 0 Å². The summed E-state index contributed by atoms with van der Waals surface area (Å²) in [6.07, 6.45) is 0. The Hall–Kier alpha value is -9.12. The lowest BCUT2D eigenvalue weighted by atomic mass is 9.69. The average molecular weight is 890 g/mol. The van der Waals surface area contributed by atoms with Crippen LogP contribution < -0.4 is 0 Å².